The zero-order chi connectivity index (χ0) is 8.55. The summed E-state index contributed by atoms with van der Waals surface area (Å²) >= 11 is 6.51. The Bertz CT molecular complexity index is 437. The molecular formula is C7H7N3S2. The van der Waals surface area contributed by atoms with Gasteiger partial charge in [-0.05, 0) is 12.2 Å². The second-order valence-corrected chi connectivity index (χ2v) is 4.01. The summed E-state index contributed by atoms with van der Waals surface area (Å²) < 4.78 is 2.57. The number of hydrogen-bond acceptors (Lipinski definition) is 3. The van der Waals surface area contributed by atoms with E-state index in [0.717, 1.165) is 15.2 Å². The lowest BCUT2D eigenvalue weighted by Crippen LogP contribution is -1.84. The van der Waals surface area contributed by atoms with Crippen LogP contribution in [0.5, 0.6) is 0 Å². The first kappa shape index (κ1) is 7.70. The van der Waals surface area contributed by atoms with Gasteiger partial charge in [0.1, 0.15) is 0 Å². The maximum atomic E-state index is 4.98. The van der Waals surface area contributed by atoms with Crippen LogP contribution in [0.15, 0.2) is 17.8 Å². The van der Waals surface area contributed by atoms with Gasteiger partial charge in [0.15, 0.2) is 3.95 Å². The Kier molecular flexibility index (Phi) is 1.82. The molecule has 0 unspecified atom stereocenters. The molecule has 2 heterocycles. The molecule has 0 fully saturated rings. The van der Waals surface area contributed by atoms with Crippen LogP contribution in [0.3, 0.4) is 0 Å². The highest BCUT2D eigenvalue weighted by molar-refractivity contribution is 7.73. The second kappa shape index (κ2) is 2.84. The van der Waals surface area contributed by atoms with Gasteiger partial charge < -0.3 is 4.98 Å². The molecule has 62 valence electrons. The van der Waals surface area contributed by atoms with Gasteiger partial charge in [-0.3, -0.25) is 4.68 Å². The predicted octanol–water partition coefficient (Wildman–Crippen LogP) is 2.21. The summed E-state index contributed by atoms with van der Waals surface area (Å²) in [7, 11) is 1.89. The standard InChI is InChI=1S/C7H7N3S2/c1-10-3-5(2-8-10)6-4-12-7(11)9-6/h2-4H,1H3,(H,9,11). The van der Waals surface area contributed by atoms with Crippen LogP contribution in [-0.2, 0) is 7.05 Å². The topological polar surface area (TPSA) is 33.6 Å². The van der Waals surface area contributed by atoms with Crippen molar-refractivity contribution in [3.05, 3.63) is 21.7 Å². The van der Waals surface area contributed by atoms with Crippen molar-refractivity contribution in [2.24, 2.45) is 7.05 Å². The minimum absolute atomic E-state index is 0.800. The fourth-order valence-electron chi connectivity index (χ4n) is 0.982. The van der Waals surface area contributed by atoms with E-state index in [1.54, 1.807) is 4.68 Å². The molecule has 0 aliphatic heterocycles. The summed E-state index contributed by atoms with van der Waals surface area (Å²) in [6, 6.07) is 0. The molecule has 12 heavy (non-hydrogen) atoms. The van der Waals surface area contributed by atoms with Crippen LogP contribution in [0.25, 0.3) is 11.3 Å². The zero-order valence-electron chi connectivity index (χ0n) is 6.44. The lowest BCUT2D eigenvalue weighted by atomic mass is 10.3. The number of aryl methyl sites for hydroxylation is 1. The Morgan fingerprint density at radius 1 is 1.67 bits per heavy atom. The second-order valence-electron chi connectivity index (χ2n) is 2.46. The molecule has 0 aliphatic carbocycles. The van der Waals surface area contributed by atoms with Crippen molar-refractivity contribution >= 4 is 23.6 Å². The highest BCUT2D eigenvalue weighted by Crippen LogP contribution is 2.18. The van der Waals surface area contributed by atoms with Gasteiger partial charge in [0.05, 0.1) is 11.9 Å². The van der Waals surface area contributed by atoms with Crippen molar-refractivity contribution < 1.29 is 0 Å². The van der Waals surface area contributed by atoms with Crippen molar-refractivity contribution in [1.82, 2.24) is 14.8 Å². The SMILES string of the molecule is Cn1cc(-c2csc(=S)[nH]2)cn1. The molecule has 0 radical (unpaired) electrons. The molecule has 2 rings (SSSR count). The van der Waals surface area contributed by atoms with E-state index < -0.39 is 0 Å². The third-order valence-corrected chi connectivity index (χ3v) is 2.60. The van der Waals surface area contributed by atoms with E-state index in [0.29, 0.717) is 0 Å². The maximum absolute atomic E-state index is 4.98. The highest BCUT2D eigenvalue weighted by atomic mass is 32.1. The van der Waals surface area contributed by atoms with Crippen LogP contribution < -0.4 is 0 Å². The van der Waals surface area contributed by atoms with Gasteiger partial charge in [-0.1, -0.05) is 0 Å². The monoisotopic (exact) mass is 197 g/mol. The Labute approximate surface area is 78.7 Å². The van der Waals surface area contributed by atoms with Gasteiger partial charge in [-0.2, -0.15) is 5.10 Å². The fraction of sp³-hybridized carbons (Fsp3) is 0.143. The third kappa shape index (κ3) is 1.33. The normalized spacial score (nSPS) is 10.4. The molecule has 0 aromatic carbocycles. The zero-order valence-corrected chi connectivity index (χ0v) is 8.08. The summed E-state index contributed by atoms with van der Waals surface area (Å²) in [6.45, 7) is 0. The number of hydrogen-bond donors (Lipinski definition) is 1. The summed E-state index contributed by atoms with van der Waals surface area (Å²) in [5.74, 6) is 0. The van der Waals surface area contributed by atoms with Gasteiger partial charge in [-0.25, -0.2) is 0 Å². The van der Waals surface area contributed by atoms with Gasteiger partial charge in [0.2, 0.25) is 0 Å². The summed E-state index contributed by atoms with van der Waals surface area (Å²) in [5.41, 5.74) is 2.11. The molecule has 0 atom stereocenters. The Hall–Kier alpha value is -0.940. The van der Waals surface area contributed by atoms with Crippen molar-refractivity contribution in [3.8, 4) is 11.3 Å². The quantitative estimate of drug-likeness (QED) is 0.711. The van der Waals surface area contributed by atoms with E-state index in [4.69, 9.17) is 12.2 Å². The molecule has 0 saturated carbocycles. The van der Waals surface area contributed by atoms with E-state index in [2.05, 4.69) is 10.1 Å². The molecule has 0 aliphatic rings. The Morgan fingerprint density at radius 2 is 2.50 bits per heavy atom. The number of nitrogens with one attached hydrogen (secondary N) is 1. The largest absolute Gasteiger partial charge is 0.337 e. The van der Waals surface area contributed by atoms with Crippen molar-refractivity contribution in [2.75, 3.05) is 0 Å². The van der Waals surface area contributed by atoms with Gasteiger partial charge in [-0.15, -0.1) is 11.3 Å². The minimum atomic E-state index is 0.800. The fourth-order valence-corrected chi connectivity index (χ4v) is 1.82. The average Bonchev–Trinajstić information content (AvgIpc) is 2.58. The molecule has 2 aromatic rings. The Morgan fingerprint density at radius 3 is 3.00 bits per heavy atom. The number of aromatic nitrogens is 3. The van der Waals surface area contributed by atoms with Crippen molar-refractivity contribution in [1.29, 1.82) is 0 Å². The molecule has 0 amide bonds. The van der Waals surface area contributed by atoms with E-state index in [1.807, 2.05) is 24.8 Å². The molecule has 3 nitrogen and oxygen atoms in total. The molecule has 1 N–H and O–H groups in total. The van der Waals surface area contributed by atoms with Gasteiger partial charge in [0, 0.05) is 24.2 Å². The first-order chi connectivity index (χ1) is 5.75. The number of nitrogens with zero attached hydrogens (tertiary/aromatic N) is 2. The summed E-state index contributed by atoms with van der Waals surface area (Å²) in [6.07, 6.45) is 3.76. The molecule has 0 bridgehead atoms. The lowest BCUT2D eigenvalue weighted by Gasteiger charge is -1.86. The smallest absolute Gasteiger partial charge is 0.158 e. The molecule has 0 saturated heterocycles. The minimum Gasteiger partial charge on any atom is -0.337 e. The first-order valence-electron chi connectivity index (χ1n) is 3.42. The van der Waals surface area contributed by atoms with Crippen molar-refractivity contribution in [3.63, 3.8) is 0 Å². The first-order valence-corrected chi connectivity index (χ1v) is 4.71. The molecule has 5 heteroatoms. The maximum Gasteiger partial charge on any atom is 0.158 e. The average molecular weight is 197 g/mol. The van der Waals surface area contributed by atoms with E-state index in [1.165, 1.54) is 11.3 Å². The Balaban J connectivity index is 2.50. The van der Waals surface area contributed by atoms with E-state index in [9.17, 15) is 0 Å². The number of H-pyrrole nitrogens is 1. The number of aromatic amines is 1. The van der Waals surface area contributed by atoms with Crippen LogP contribution in [0, 0.1) is 3.95 Å². The van der Waals surface area contributed by atoms with Crippen LogP contribution in [0.1, 0.15) is 0 Å². The third-order valence-electron chi connectivity index (χ3n) is 1.54. The lowest BCUT2D eigenvalue weighted by molar-refractivity contribution is 0.768. The van der Waals surface area contributed by atoms with Crippen LogP contribution >= 0.6 is 23.6 Å². The van der Waals surface area contributed by atoms with Crippen LogP contribution in [0.4, 0.5) is 0 Å². The van der Waals surface area contributed by atoms with E-state index >= 15 is 0 Å². The van der Waals surface area contributed by atoms with Crippen molar-refractivity contribution in [2.45, 2.75) is 0 Å². The molecule has 2 aromatic heterocycles. The van der Waals surface area contributed by atoms with Gasteiger partial charge >= 0.3 is 0 Å². The van der Waals surface area contributed by atoms with Crippen LogP contribution in [0.2, 0.25) is 0 Å². The van der Waals surface area contributed by atoms with E-state index in [-0.39, 0.29) is 0 Å². The summed E-state index contributed by atoms with van der Waals surface area (Å²) in [4.78, 5) is 3.09. The number of thiazole rings is 1. The highest BCUT2D eigenvalue weighted by Gasteiger charge is 2.00. The predicted molar refractivity (Wildman–Crippen MR) is 51.7 cm³/mol. The number of rotatable bonds is 1. The van der Waals surface area contributed by atoms with Gasteiger partial charge in [0.25, 0.3) is 0 Å². The summed E-state index contributed by atoms with van der Waals surface area (Å²) in [5, 5.41) is 6.07. The molecular weight excluding hydrogens is 190 g/mol. The molecule has 0 spiro atoms. The van der Waals surface area contributed by atoms with Crippen LogP contribution in [-0.4, -0.2) is 14.8 Å².